The predicted octanol–water partition coefficient (Wildman–Crippen LogP) is 4.55. The Hall–Kier alpha value is -4.90. The van der Waals surface area contributed by atoms with Crippen LogP contribution in [-0.2, 0) is 14.3 Å². The summed E-state index contributed by atoms with van der Waals surface area (Å²) < 4.78 is 15.7. The van der Waals surface area contributed by atoms with Crippen LogP contribution in [0, 0.1) is 16.7 Å². The van der Waals surface area contributed by atoms with Crippen molar-refractivity contribution in [3.8, 4) is 17.6 Å². The molecule has 0 amide bonds. The lowest BCUT2D eigenvalue weighted by Crippen LogP contribution is -2.46. The Morgan fingerprint density at radius 3 is 2.21 bits per heavy atom. The third kappa shape index (κ3) is 4.12. The number of ether oxygens (including phenoxy) is 3. The minimum Gasteiger partial charge on any atom is -0.497 e. The number of esters is 2. The van der Waals surface area contributed by atoms with Crippen LogP contribution in [0.3, 0.4) is 0 Å². The Morgan fingerprint density at radius 1 is 0.923 bits per heavy atom. The molecule has 0 unspecified atom stereocenters. The van der Waals surface area contributed by atoms with Crippen LogP contribution >= 0.6 is 0 Å². The molecule has 0 radical (unpaired) electrons. The molecule has 196 valence electrons. The van der Waals surface area contributed by atoms with Crippen molar-refractivity contribution < 1.29 is 28.6 Å². The van der Waals surface area contributed by atoms with Crippen molar-refractivity contribution >= 4 is 29.5 Å². The highest BCUT2D eigenvalue weighted by Crippen LogP contribution is 2.56. The average molecular weight is 523 g/mol. The zero-order valence-electron chi connectivity index (χ0n) is 21.7. The van der Waals surface area contributed by atoms with Gasteiger partial charge in [-0.25, -0.2) is 0 Å². The molecule has 0 bridgehead atoms. The van der Waals surface area contributed by atoms with Gasteiger partial charge in [-0.2, -0.15) is 5.26 Å². The minimum atomic E-state index is -1.73. The summed E-state index contributed by atoms with van der Waals surface area (Å²) >= 11 is 0. The van der Waals surface area contributed by atoms with Gasteiger partial charge in [-0.3, -0.25) is 14.4 Å². The maximum Gasteiger partial charge on any atom is 0.329 e. The summed E-state index contributed by atoms with van der Waals surface area (Å²) in [7, 11) is 2.80. The van der Waals surface area contributed by atoms with E-state index in [9.17, 15) is 19.6 Å². The van der Waals surface area contributed by atoms with Crippen molar-refractivity contribution in [1.82, 2.24) is 0 Å². The fraction of sp³-hybridized carbons (Fsp3) is 0.226. The molecule has 1 fully saturated rings. The number of Topliss-reactive ketones (excluding diaryl/α,β-unsaturated/α-hetero) is 1. The van der Waals surface area contributed by atoms with E-state index in [4.69, 9.17) is 14.2 Å². The number of nitrogens with zero attached hydrogens (tertiary/aromatic N) is 2. The van der Waals surface area contributed by atoms with Crippen molar-refractivity contribution in [2.75, 3.05) is 19.1 Å². The first kappa shape index (κ1) is 25.7. The van der Waals surface area contributed by atoms with Gasteiger partial charge in [0, 0.05) is 24.1 Å². The summed E-state index contributed by atoms with van der Waals surface area (Å²) in [5.74, 6) is -1.46. The molecule has 4 atom stereocenters. The largest absolute Gasteiger partial charge is 0.497 e. The minimum absolute atomic E-state index is 0.290. The molecule has 5 rings (SSSR count). The molecule has 8 nitrogen and oxygen atoms in total. The molecule has 2 heterocycles. The second-order valence-corrected chi connectivity index (χ2v) is 9.42. The lowest BCUT2D eigenvalue weighted by Gasteiger charge is -2.36. The van der Waals surface area contributed by atoms with Gasteiger partial charge in [-0.15, -0.1) is 0 Å². The number of nitriles is 1. The van der Waals surface area contributed by atoms with Crippen LogP contribution in [0.2, 0.25) is 0 Å². The Bertz CT molecular complexity index is 1510. The third-order valence-corrected chi connectivity index (χ3v) is 7.40. The number of carbonyl (C=O) groups excluding carboxylic acids is 3. The molecule has 0 saturated carbocycles. The highest BCUT2D eigenvalue weighted by Gasteiger charge is 2.67. The van der Waals surface area contributed by atoms with Crippen LogP contribution in [0.1, 0.15) is 34.3 Å². The topological polar surface area (TPSA) is 106 Å². The van der Waals surface area contributed by atoms with Gasteiger partial charge in [0.05, 0.1) is 26.3 Å². The van der Waals surface area contributed by atoms with Gasteiger partial charge in [-0.1, -0.05) is 42.5 Å². The number of hydrogen-bond acceptors (Lipinski definition) is 8. The van der Waals surface area contributed by atoms with Crippen LogP contribution < -0.4 is 14.4 Å². The number of methoxy groups -OCH3 is 2. The van der Waals surface area contributed by atoms with Crippen LogP contribution in [0.4, 0.5) is 5.69 Å². The fourth-order valence-electron chi connectivity index (χ4n) is 5.74. The number of benzene rings is 3. The number of hydrogen-bond donors (Lipinski definition) is 0. The number of carbonyl (C=O) groups is 3. The van der Waals surface area contributed by atoms with Crippen LogP contribution in [0.25, 0.3) is 6.08 Å². The number of rotatable bonds is 6. The zero-order chi connectivity index (χ0) is 27.7. The molecular weight excluding hydrogens is 496 g/mol. The van der Waals surface area contributed by atoms with Gasteiger partial charge in [0.1, 0.15) is 17.5 Å². The molecule has 0 aromatic heterocycles. The summed E-state index contributed by atoms with van der Waals surface area (Å²) in [6.45, 7) is 1.30. The Morgan fingerprint density at radius 2 is 1.59 bits per heavy atom. The fourth-order valence-corrected chi connectivity index (χ4v) is 5.74. The summed E-state index contributed by atoms with van der Waals surface area (Å²) in [6, 6.07) is 21.4. The van der Waals surface area contributed by atoms with E-state index in [-0.39, 0.29) is 5.78 Å². The van der Waals surface area contributed by atoms with E-state index < -0.39 is 35.4 Å². The number of anilines is 1. The van der Waals surface area contributed by atoms with Gasteiger partial charge < -0.3 is 19.1 Å². The molecule has 0 aliphatic carbocycles. The average Bonchev–Trinajstić information content (AvgIpc) is 3.28. The molecule has 3 aromatic rings. The third-order valence-electron chi connectivity index (χ3n) is 7.40. The standard InChI is InChI=1S/C31H26N2O6/c1-19(34)39-24-15-10-22(11-16-24)29(35)28-27(21-8-13-23(37-2)14-9-21)31(18-32,30(36)38-3)26-17-12-20-6-4-5-7-25(20)33(26)28/h4-17,26-28H,1-3H3/t26-,27-,28+,31+/m1/s1. The lowest BCUT2D eigenvalue weighted by atomic mass is 9.68. The Kier molecular flexibility index (Phi) is 6.67. The van der Waals surface area contributed by atoms with E-state index in [1.807, 2.05) is 35.2 Å². The summed E-state index contributed by atoms with van der Waals surface area (Å²) in [4.78, 5) is 41.2. The molecular formula is C31H26N2O6. The first-order valence-electron chi connectivity index (χ1n) is 12.4. The van der Waals surface area contributed by atoms with E-state index in [0.717, 1.165) is 11.3 Å². The quantitative estimate of drug-likeness (QED) is 0.264. The van der Waals surface area contributed by atoms with Gasteiger partial charge >= 0.3 is 11.9 Å². The molecule has 0 spiro atoms. The van der Waals surface area contributed by atoms with Crippen molar-refractivity contribution in [2.45, 2.75) is 24.9 Å². The molecule has 8 heteroatoms. The van der Waals surface area contributed by atoms with E-state index in [0.29, 0.717) is 22.6 Å². The van der Waals surface area contributed by atoms with Crippen molar-refractivity contribution in [1.29, 1.82) is 5.26 Å². The lowest BCUT2D eigenvalue weighted by molar-refractivity contribution is -0.150. The van der Waals surface area contributed by atoms with Crippen molar-refractivity contribution in [3.05, 3.63) is 95.6 Å². The van der Waals surface area contributed by atoms with Crippen LogP contribution in [0.15, 0.2) is 78.9 Å². The van der Waals surface area contributed by atoms with Gasteiger partial charge in [0.25, 0.3) is 0 Å². The molecule has 3 aromatic carbocycles. The van der Waals surface area contributed by atoms with Crippen molar-refractivity contribution in [2.24, 2.45) is 5.41 Å². The number of ketones is 1. The summed E-state index contributed by atoms with van der Waals surface area (Å²) in [5, 5.41) is 10.7. The second-order valence-electron chi connectivity index (χ2n) is 9.42. The maximum absolute atomic E-state index is 14.4. The van der Waals surface area contributed by atoms with E-state index in [1.165, 1.54) is 14.0 Å². The van der Waals surface area contributed by atoms with Crippen LogP contribution in [-0.4, -0.2) is 44.0 Å². The smallest absolute Gasteiger partial charge is 0.329 e. The monoisotopic (exact) mass is 522 g/mol. The molecule has 39 heavy (non-hydrogen) atoms. The van der Waals surface area contributed by atoms with Gasteiger partial charge in [0.15, 0.2) is 11.2 Å². The highest BCUT2D eigenvalue weighted by molar-refractivity contribution is 6.06. The molecule has 2 aliphatic rings. The van der Waals surface area contributed by atoms with E-state index in [2.05, 4.69) is 6.07 Å². The SMILES string of the molecule is COC(=O)[C@]1(C#N)[C@H](c2ccc(OC)cc2)[C@@H](C(=O)c2ccc(OC(C)=O)cc2)N2c3ccccc3C=C[C@@H]21. The highest BCUT2D eigenvalue weighted by atomic mass is 16.5. The first-order chi connectivity index (χ1) is 18.8. The zero-order valence-corrected chi connectivity index (χ0v) is 21.7. The first-order valence-corrected chi connectivity index (χ1v) is 12.4. The summed E-state index contributed by atoms with van der Waals surface area (Å²) in [6.07, 6.45) is 3.67. The number of fused-ring (bicyclic) bond motifs is 3. The molecule has 0 N–H and O–H groups in total. The Labute approximate surface area is 226 Å². The van der Waals surface area contributed by atoms with Gasteiger partial charge in [0.2, 0.25) is 0 Å². The van der Waals surface area contributed by atoms with Crippen LogP contribution in [0.5, 0.6) is 11.5 Å². The normalized spacial score (nSPS) is 22.7. The maximum atomic E-state index is 14.4. The van der Waals surface area contributed by atoms with E-state index in [1.54, 1.807) is 61.7 Å². The Balaban J connectivity index is 1.74. The van der Waals surface area contributed by atoms with E-state index >= 15 is 0 Å². The second kappa shape index (κ2) is 10.1. The van der Waals surface area contributed by atoms with Crippen molar-refractivity contribution in [3.63, 3.8) is 0 Å². The molecule has 1 saturated heterocycles. The summed E-state index contributed by atoms with van der Waals surface area (Å²) in [5.41, 5.74) is 0.839. The van der Waals surface area contributed by atoms with Gasteiger partial charge in [-0.05, 0) is 53.6 Å². The predicted molar refractivity (Wildman–Crippen MR) is 143 cm³/mol. The number of para-hydroxylation sites is 1. The molecule has 2 aliphatic heterocycles.